The van der Waals surface area contributed by atoms with Gasteiger partial charge in [0, 0.05) is 30.5 Å². The van der Waals surface area contributed by atoms with Gasteiger partial charge in [0.15, 0.2) is 0 Å². The molecule has 0 aliphatic carbocycles. The summed E-state index contributed by atoms with van der Waals surface area (Å²) in [6.07, 6.45) is 3.11. The number of rotatable bonds is 12. The van der Waals surface area contributed by atoms with Crippen LogP contribution in [0.3, 0.4) is 0 Å². The summed E-state index contributed by atoms with van der Waals surface area (Å²) in [6, 6.07) is 0. The highest BCUT2D eigenvalue weighted by molar-refractivity contribution is 8.15. The van der Waals surface area contributed by atoms with Crippen LogP contribution in [0.5, 0.6) is 0 Å². The van der Waals surface area contributed by atoms with E-state index >= 15 is 0 Å². The van der Waals surface area contributed by atoms with Gasteiger partial charge in [-0.15, -0.1) is 0 Å². The van der Waals surface area contributed by atoms with Crippen molar-refractivity contribution in [3.8, 4) is 0 Å². The third kappa shape index (κ3) is 6.40. The Balaban J connectivity index is 5.35. The molecular weight excluding hydrogens is 320 g/mol. The normalized spacial score (nSPS) is 14.4. The first-order valence-corrected chi connectivity index (χ1v) is 11.4. The lowest BCUT2D eigenvalue weighted by atomic mass is 10.2. The molecule has 122 valence electrons. The smallest absolute Gasteiger partial charge is 0.373 e. The summed E-state index contributed by atoms with van der Waals surface area (Å²) >= 11 is 0. The van der Waals surface area contributed by atoms with Gasteiger partial charge >= 0.3 is 8.80 Å². The summed E-state index contributed by atoms with van der Waals surface area (Å²) in [5, 5.41) is 0. The van der Waals surface area contributed by atoms with E-state index in [4.69, 9.17) is 24.0 Å². The topological polar surface area (TPSA) is 61.8 Å². The molecule has 0 saturated carbocycles. The molecule has 0 spiro atoms. The van der Waals surface area contributed by atoms with Crippen LogP contribution in [-0.2, 0) is 22.3 Å². The van der Waals surface area contributed by atoms with Crippen LogP contribution in [0.25, 0.3) is 0 Å². The van der Waals surface area contributed by atoms with E-state index in [1.165, 1.54) is 0 Å². The van der Waals surface area contributed by atoms with Gasteiger partial charge < -0.3 is 13.3 Å². The molecular formula is C12H27ClO5SSi. The van der Waals surface area contributed by atoms with Gasteiger partial charge in [-0.3, -0.25) is 0 Å². The molecule has 0 bridgehead atoms. The molecule has 0 rings (SSSR count). The van der Waals surface area contributed by atoms with Crippen LogP contribution in [0.4, 0.5) is 0 Å². The lowest BCUT2D eigenvalue weighted by Crippen LogP contribution is -2.58. The van der Waals surface area contributed by atoms with E-state index in [1.54, 1.807) is 20.8 Å². The molecule has 0 fully saturated rings. The van der Waals surface area contributed by atoms with Crippen molar-refractivity contribution in [1.29, 1.82) is 0 Å². The van der Waals surface area contributed by atoms with Crippen LogP contribution in [0.2, 0.25) is 0 Å². The second-order valence-electron chi connectivity index (χ2n) is 4.36. The summed E-state index contributed by atoms with van der Waals surface area (Å²) in [6.45, 7) is 8.45. The van der Waals surface area contributed by atoms with E-state index in [9.17, 15) is 8.42 Å². The molecule has 0 heterocycles. The number of unbranched alkanes of at least 4 members (excludes halogenated alkanes) is 2. The Hall–Kier alpha value is 0.337. The van der Waals surface area contributed by atoms with E-state index in [2.05, 4.69) is 6.92 Å². The first-order valence-electron chi connectivity index (χ1n) is 7.23. The van der Waals surface area contributed by atoms with Gasteiger partial charge in [0.1, 0.15) is 4.87 Å². The zero-order valence-corrected chi connectivity index (χ0v) is 15.4. The molecule has 8 heteroatoms. The standard InChI is InChI=1S/C12H27ClO5SSi/c1-5-9-10-11-12(19(13,14)15)20(16-6-2,17-7-3)18-8-4/h12H,5-11H2,1-4H3. The Morgan fingerprint density at radius 1 is 0.950 bits per heavy atom. The van der Waals surface area contributed by atoms with Crippen molar-refractivity contribution in [2.24, 2.45) is 0 Å². The van der Waals surface area contributed by atoms with Gasteiger partial charge in [-0.2, -0.15) is 0 Å². The minimum Gasteiger partial charge on any atom is -0.373 e. The molecule has 1 atom stereocenters. The average molecular weight is 347 g/mol. The average Bonchev–Trinajstić information content (AvgIpc) is 2.34. The van der Waals surface area contributed by atoms with Gasteiger partial charge in [-0.1, -0.05) is 26.2 Å². The highest BCUT2D eigenvalue weighted by Crippen LogP contribution is 2.28. The van der Waals surface area contributed by atoms with Crippen molar-refractivity contribution < 1.29 is 21.7 Å². The Kier molecular flexibility index (Phi) is 10.3. The van der Waals surface area contributed by atoms with Crippen molar-refractivity contribution in [3.63, 3.8) is 0 Å². The first kappa shape index (κ1) is 20.3. The van der Waals surface area contributed by atoms with Crippen molar-refractivity contribution in [2.75, 3.05) is 19.8 Å². The zero-order chi connectivity index (χ0) is 15.6. The molecule has 0 aromatic carbocycles. The highest BCUT2D eigenvalue weighted by atomic mass is 35.7. The molecule has 5 nitrogen and oxygen atoms in total. The Morgan fingerprint density at radius 2 is 1.40 bits per heavy atom. The monoisotopic (exact) mass is 346 g/mol. The molecule has 20 heavy (non-hydrogen) atoms. The summed E-state index contributed by atoms with van der Waals surface area (Å²) in [5.74, 6) is 0. The maximum atomic E-state index is 12.0. The van der Waals surface area contributed by atoms with Crippen molar-refractivity contribution in [3.05, 3.63) is 0 Å². The molecule has 0 aromatic heterocycles. The SMILES string of the molecule is CCCCCC([Si](OCC)(OCC)OCC)S(=O)(=O)Cl. The molecule has 0 aliphatic heterocycles. The van der Waals surface area contributed by atoms with Crippen molar-refractivity contribution in [1.82, 2.24) is 0 Å². The van der Waals surface area contributed by atoms with Gasteiger partial charge in [0.25, 0.3) is 0 Å². The molecule has 1 unspecified atom stereocenters. The van der Waals surface area contributed by atoms with E-state index < -0.39 is 22.7 Å². The van der Waals surface area contributed by atoms with Crippen LogP contribution < -0.4 is 0 Å². The molecule has 0 aliphatic rings. The third-order valence-electron chi connectivity index (χ3n) is 2.84. The van der Waals surface area contributed by atoms with Crippen LogP contribution >= 0.6 is 10.7 Å². The van der Waals surface area contributed by atoms with Gasteiger partial charge in [-0.05, 0) is 27.2 Å². The first-order chi connectivity index (χ1) is 9.37. The lowest BCUT2D eigenvalue weighted by molar-refractivity contribution is 0.0680. The second kappa shape index (κ2) is 10.1. The maximum absolute atomic E-state index is 12.0. The van der Waals surface area contributed by atoms with Crippen molar-refractivity contribution in [2.45, 2.75) is 58.3 Å². The molecule has 0 aromatic rings. The van der Waals surface area contributed by atoms with E-state index in [1.807, 2.05) is 0 Å². The maximum Gasteiger partial charge on any atom is 0.521 e. The van der Waals surface area contributed by atoms with E-state index in [-0.39, 0.29) is 0 Å². The third-order valence-corrected chi connectivity index (χ3v) is 9.80. The molecule has 0 saturated heterocycles. The van der Waals surface area contributed by atoms with Gasteiger partial charge in [0.05, 0.1) is 0 Å². The minimum atomic E-state index is -3.81. The van der Waals surface area contributed by atoms with Crippen LogP contribution in [0.15, 0.2) is 0 Å². The Labute approximate surface area is 128 Å². The number of hydrogen-bond donors (Lipinski definition) is 0. The fourth-order valence-corrected chi connectivity index (χ4v) is 8.34. The predicted molar refractivity (Wildman–Crippen MR) is 83.3 cm³/mol. The van der Waals surface area contributed by atoms with Crippen LogP contribution in [0, 0.1) is 0 Å². The zero-order valence-electron chi connectivity index (χ0n) is 12.9. The summed E-state index contributed by atoms with van der Waals surface area (Å²) in [7, 11) is -1.50. The molecule has 0 radical (unpaired) electrons. The van der Waals surface area contributed by atoms with Gasteiger partial charge in [-0.25, -0.2) is 8.42 Å². The van der Waals surface area contributed by atoms with E-state index in [0.717, 1.165) is 19.3 Å². The summed E-state index contributed by atoms with van der Waals surface area (Å²) in [5.41, 5.74) is 0. The minimum absolute atomic E-state index is 0.336. The fourth-order valence-electron chi connectivity index (χ4n) is 2.08. The largest absolute Gasteiger partial charge is 0.521 e. The van der Waals surface area contributed by atoms with Crippen molar-refractivity contribution >= 4 is 28.5 Å². The summed E-state index contributed by atoms with van der Waals surface area (Å²) < 4.78 is 40.9. The van der Waals surface area contributed by atoms with Crippen LogP contribution in [0.1, 0.15) is 53.4 Å². The fraction of sp³-hybridized carbons (Fsp3) is 1.00. The Bertz CT molecular complexity index is 333. The predicted octanol–water partition coefficient (Wildman–Crippen LogP) is 3.09. The second-order valence-corrected chi connectivity index (χ2v) is 10.4. The Morgan fingerprint density at radius 3 is 1.70 bits per heavy atom. The van der Waals surface area contributed by atoms with Crippen LogP contribution in [-0.4, -0.2) is 41.9 Å². The number of halogens is 1. The number of hydrogen-bond acceptors (Lipinski definition) is 5. The summed E-state index contributed by atoms with van der Waals surface area (Å²) in [4.78, 5) is -0.900. The van der Waals surface area contributed by atoms with E-state index in [0.29, 0.717) is 26.2 Å². The highest BCUT2D eigenvalue weighted by Gasteiger charge is 2.55. The molecule has 0 amide bonds. The quantitative estimate of drug-likeness (QED) is 0.309. The lowest BCUT2D eigenvalue weighted by Gasteiger charge is -2.33. The molecule has 0 N–H and O–H groups in total. The van der Waals surface area contributed by atoms with Gasteiger partial charge in [0.2, 0.25) is 9.05 Å².